The number of carbonyl (C=O) groups excluding carboxylic acids is 1. The number of rotatable bonds is 7. The number of non-ortho nitro benzene ring substituents is 1. The molecule has 2 heterocycles. The predicted octanol–water partition coefficient (Wildman–Crippen LogP) is 4.85. The highest BCUT2D eigenvalue weighted by atomic mass is 35.5. The van der Waals surface area contributed by atoms with Gasteiger partial charge in [0.05, 0.1) is 18.1 Å². The number of halogens is 1. The minimum atomic E-state index is -0.475. The van der Waals surface area contributed by atoms with E-state index in [9.17, 15) is 14.9 Å². The lowest BCUT2D eigenvalue weighted by Crippen LogP contribution is -2.45. The lowest BCUT2D eigenvalue weighted by Gasteiger charge is -2.41. The van der Waals surface area contributed by atoms with E-state index in [2.05, 4.69) is 40.7 Å². The van der Waals surface area contributed by atoms with Crippen molar-refractivity contribution < 1.29 is 14.5 Å². The van der Waals surface area contributed by atoms with Crippen LogP contribution in [0.2, 0.25) is 0 Å². The smallest absolute Gasteiger partial charge is 0.269 e. The number of nitrogens with zero attached hydrogens (tertiary/aromatic N) is 2. The van der Waals surface area contributed by atoms with E-state index in [1.807, 2.05) is 12.1 Å². The number of methoxy groups -OCH3 is 1. The van der Waals surface area contributed by atoms with Gasteiger partial charge in [-0.05, 0) is 60.2 Å². The van der Waals surface area contributed by atoms with Gasteiger partial charge in [-0.3, -0.25) is 19.8 Å². The Morgan fingerprint density at radius 3 is 2.52 bits per heavy atom. The molecule has 0 saturated carbocycles. The summed E-state index contributed by atoms with van der Waals surface area (Å²) >= 11 is 1.77. The summed E-state index contributed by atoms with van der Waals surface area (Å²) in [4.78, 5) is 26.6. The van der Waals surface area contributed by atoms with Crippen molar-refractivity contribution in [2.75, 3.05) is 20.2 Å². The van der Waals surface area contributed by atoms with Gasteiger partial charge in [0, 0.05) is 41.7 Å². The number of nitro benzene ring substituents is 1. The summed E-state index contributed by atoms with van der Waals surface area (Å²) < 4.78 is 5.32. The lowest BCUT2D eigenvalue weighted by molar-refractivity contribution is -0.384. The highest BCUT2D eigenvalue weighted by molar-refractivity contribution is 7.10. The van der Waals surface area contributed by atoms with E-state index in [1.165, 1.54) is 40.3 Å². The van der Waals surface area contributed by atoms with E-state index in [4.69, 9.17) is 4.74 Å². The van der Waals surface area contributed by atoms with Gasteiger partial charge in [-0.1, -0.05) is 12.1 Å². The van der Waals surface area contributed by atoms with E-state index >= 15 is 0 Å². The number of nitro groups is 1. The van der Waals surface area contributed by atoms with Crippen LogP contribution in [0.1, 0.15) is 39.3 Å². The molecule has 3 aromatic rings. The first kappa shape index (κ1) is 24.7. The maximum absolute atomic E-state index is 12.5. The summed E-state index contributed by atoms with van der Waals surface area (Å²) in [5.41, 5.74) is 2.96. The molecule has 174 valence electrons. The van der Waals surface area contributed by atoms with Gasteiger partial charge in [0.1, 0.15) is 5.75 Å². The van der Waals surface area contributed by atoms with Crippen LogP contribution in [-0.4, -0.2) is 42.0 Å². The highest BCUT2D eigenvalue weighted by Crippen LogP contribution is 2.40. The normalized spacial score (nSPS) is 17.5. The Morgan fingerprint density at radius 1 is 1.18 bits per heavy atom. The number of thiophene rings is 1. The average molecular weight is 488 g/mol. The number of benzene rings is 2. The second-order valence-electron chi connectivity index (χ2n) is 7.84. The maximum Gasteiger partial charge on any atom is 0.269 e. The Kier molecular flexibility index (Phi) is 8.07. The van der Waals surface area contributed by atoms with Crippen LogP contribution >= 0.6 is 23.7 Å². The van der Waals surface area contributed by atoms with Crippen molar-refractivity contribution in [1.82, 2.24) is 10.2 Å². The molecular formula is C24H26ClN3O4S. The molecule has 1 aliphatic rings. The molecule has 0 aliphatic carbocycles. The third-order valence-electron chi connectivity index (χ3n) is 5.87. The third-order valence-corrected chi connectivity index (χ3v) is 6.88. The second-order valence-corrected chi connectivity index (χ2v) is 8.78. The molecule has 1 N–H and O–H groups in total. The molecule has 7 nitrogen and oxygen atoms in total. The van der Waals surface area contributed by atoms with Gasteiger partial charge >= 0.3 is 0 Å². The number of hydrogen-bond acceptors (Lipinski definition) is 6. The van der Waals surface area contributed by atoms with E-state index in [-0.39, 0.29) is 30.0 Å². The minimum absolute atomic E-state index is 0. The molecule has 0 bridgehead atoms. The zero-order valence-electron chi connectivity index (χ0n) is 18.4. The maximum atomic E-state index is 12.5. The van der Waals surface area contributed by atoms with Gasteiger partial charge in [-0.2, -0.15) is 0 Å². The number of carbonyl (C=O) groups is 1. The van der Waals surface area contributed by atoms with Gasteiger partial charge in [-0.25, -0.2) is 0 Å². The lowest BCUT2D eigenvalue weighted by atomic mass is 9.91. The van der Waals surface area contributed by atoms with Gasteiger partial charge in [0.2, 0.25) is 0 Å². The van der Waals surface area contributed by atoms with Gasteiger partial charge in [-0.15, -0.1) is 23.7 Å². The molecule has 1 aromatic heterocycles. The molecule has 0 saturated heterocycles. The van der Waals surface area contributed by atoms with Crippen molar-refractivity contribution in [3.05, 3.63) is 91.7 Å². The average Bonchev–Trinajstić information content (AvgIpc) is 3.27. The third kappa shape index (κ3) is 5.35. The fourth-order valence-corrected chi connectivity index (χ4v) is 5.29. The molecule has 0 spiro atoms. The number of nitrogens with one attached hydrogen (secondary N) is 1. The molecule has 0 fully saturated rings. The van der Waals surface area contributed by atoms with Crippen LogP contribution in [0.4, 0.5) is 5.69 Å². The van der Waals surface area contributed by atoms with Crippen molar-refractivity contribution in [3.8, 4) is 5.75 Å². The summed E-state index contributed by atoms with van der Waals surface area (Å²) in [5.74, 6) is 0.591. The van der Waals surface area contributed by atoms with Crippen LogP contribution in [0.3, 0.4) is 0 Å². The summed E-state index contributed by atoms with van der Waals surface area (Å²) in [5, 5.41) is 15.9. The summed E-state index contributed by atoms with van der Waals surface area (Å²) in [6, 6.07) is 16.5. The van der Waals surface area contributed by atoms with Crippen LogP contribution in [0, 0.1) is 10.1 Å². The molecule has 9 heteroatoms. The molecule has 4 rings (SSSR count). The molecule has 1 aliphatic heterocycles. The van der Waals surface area contributed by atoms with Gasteiger partial charge in [0.25, 0.3) is 11.6 Å². The molecule has 33 heavy (non-hydrogen) atoms. The van der Waals surface area contributed by atoms with Crippen LogP contribution in [0.25, 0.3) is 0 Å². The number of amides is 1. The monoisotopic (exact) mass is 487 g/mol. The summed E-state index contributed by atoms with van der Waals surface area (Å²) in [6.07, 6.45) is 0.974. The zero-order valence-corrected chi connectivity index (χ0v) is 20.0. The van der Waals surface area contributed by atoms with Crippen LogP contribution < -0.4 is 10.1 Å². The van der Waals surface area contributed by atoms with Crippen molar-refractivity contribution in [3.63, 3.8) is 0 Å². The van der Waals surface area contributed by atoms with Crippen molar-refractivity contribution in [1.29, 1.82) is 0 Å². The standard InChI is InChI=1S/C24H25N3O4S.ClH/c1-16-15-19-11-14-32-23(19)22(17-5-9-21(31-2)10-6-17)26(16)13-12-25-24(28)18-3-7-20(8-4-18)27(29)30;/h3-11,14,16,22H,12-13,15H2,1-2H3,(H,25,28);1H. The Labute approximate surface area is 202 Å². The van der Waals surface area contributed by atoms with Gasteiger partial charge < -0.3 is 10.1 Å². The Balaban J connectivity index is 0.00000306. The molecule has 2 aromatic carbocycles. The first-order valence-electron chi connectivity index (χ1n) is 10.5. The topological polar surface area (TPSA) is 84.7 Å². The quantitative estimate of drug-likeness (QED) is 0.380. The van der Waals surface area contributed by atoms with E-state index in [0.717, 1.165) is 12.2 Å². The number of hydrogen-bond donors (Lipinski definition) is 1. The number of ether oxygens (including phenoxy) is 1. The molecule has 2 atom stereocenters. The molecular weight excluding hydrogens is 462 g/mol. The minimum Gasteiger partial charge on any atom is -0.497 e. The Hall–Kier alpha value is -2.94. The fourth-order valence-electron chi connectivity index (χ4n) is 4.21. The summed E-state index contributed by atoms with van der Waals surface area (Å²) in [6.45, 7) is 3.39. The summed E-state index contributed by atoms with van der Waals surface area (Å²) in [7, 11) is 1.66. The van der Waals surface area contributed by atoms with E-state index < -0.39 is 4.92 Å². The zero-order chi connectivity index (χ0) is 22.7. The number of fused-ring (bicyclic) bond motifs is 1. The van der Waals surface area contributed by atoms with Crippen molar-refractivity contribution in [2.45, 2.75) is 25.4 Å². The Morgan fingerprint density at radius 2 is 1.88 bits per heavy atom. The first-order chi connectivity index (χ1) is 15.5. The van der Waals surface area contributed by atoms with Crippen molar-refractivity contribution in [2.24, 2.45) is 0 Å². The van der Waals surface area contributed by atoms with E-state index in [0.29, 0.717) is 24.7 Å². The largest absolute Gasteiger partial charge is 0.497 e. The molecule has 1 amide bonds. The second kappa shape index (κ2) is 10.8. The Bertz CT molecular complexity index is 1100. The molecule has 2 unspecified atom stereocenters. The van der Waals surface area contributed by atoms with Gasteiger partial charge in [0.15, 0.2) is 0 Å². The highest BCUT2D eigenvalue weighted by Gasteiger charge is 2.34. The van der Waals surface area contributed by atoms with Crippen LogP contribution in [0.5, 0.6) is 5.75 Å². The molecule has 0 radical (unpaired) electrons. The van der Waals surface area contributed by atoms with E-state index in [1.54, 1.807) is 18.4 Å². The van der Waals surface area contributed by atoms with Crippen LogP contribution in [-0.2, 0) is 6.42 Å². The predicted molar refractivity (Wildman–Crippen MR) is 132 cm³/mol. The SMILES string of the molecule is COc1ccc(C2c3sccc3CC(C)N2CCNC(=O)c2ccc([N+](=O)[O-])cc2)cc1.Cl. The first-order valence-corrected chi connectivity index (χ1v) is 11.3. The van der Waals surface area contributed by atoms with Crippen LogP contribution in [0.15, 0.2) is 60.0 Å². The van der Waals surface area contributed by atoms with Crippen molar-refractivity contribution >= 4 is 35.3 Å². The fraction of sp³-hybridized carbons (Fsp3) is 0.292.